The van der Waals surface area contributed by atoms with Crippen LogP contribution in [-0.2, 0) is 7.05 Å². The Morgan fingerprint density at radius 1 is 1.48 bits per heavy atom. The topological polar surface area (TPSA) is 72.9 Å². The van der Waals surface area contributed by atoms with Gasteiger partial charge in [-0.15, -0.1) is 23.7 Å². The highest BCUT2D eigenvalue weighted by Gasteiger charge is 2.34. The van der Waals surface area contributed by atoms with Crippen molar-refractivity contribution in [3.05, 3.63) is 16.6 Å². The van der Waals surface area contributed by atoms with Gasteiger partial charge in [-0.05, 0) is 24.8 Å². The first-order chi connectivity index (χ1) is 10.5. The summed E-state index contributed by atoms with van der Waals surface area (Å²) in [7, 11) is 1.94. The molecule has 7 heteroatoms. The van der Waals surface area contributed by atoms with Gasteiger partial charge in [0.2, 0.25) is 0 Å². The maximum absolute atomic E-state index is 12.6. The van der Waals surface area contributed by atoms with E-state index in [0.29, 0.717) is 12.5 Å². The van der Waals surface area contributed by atoms with E-state index in [2.05, 4.69) is 24.3 Å². The molecule has 0 radical (unpaired) electrons. The largest absolute Gasteiger partial charge is 0.345 e. The van der Waals surface area contributed by atoms with Gasteiger partial charge < -0.3 is 11.1 Å². The standard InChI is InChI=1S/C16H24N4OS.ClH/c1-10(2)13-11-8-12(22-15(11)20(3)19-13)14(21)18-16(9-17)6-4-5-7-16;/h8,10H,4-7,9,17H2,1-3H3,(H,18,21);1H. The minimum absolute atomic E-state index is 0. The molecule has 0 bridgehead atoms. The lowest BCUT2D eigenvalue weighted by Crippen LogP contribution is -2.51. The fourth-order valence-electron chi connectivity index (χ4n) is 3.34. The Kier molecular flexibility index (Phi) is 5.38. The lowest BCUT2D eigenvalue weighted by atomic mass is 9.98. The first-order valence-corrected chi connectivity index (χ1v) is 8.76. The van der Waals surface area contributed by atoms with E-state index in [1.165, 1.54) is 11.3 Å². The van der Waals surface area contributed by atoms with E-state index in [1.807, 2.05) is 17.8 Å². The molecule has 1 aliphatic rings. The Morgan fingerprint density at radius 2 is 2.13 bits per heavy atom. The molecule has 1 fully saturated rings. The fourth-order valence-corrected chi connectivity index (χ4v) is 4.31. The predicted octanol–water partition coefficient (Wildman–Crippen LogP) is 3.18. The van der Waals surface area contributed by atoms with Gasteiger partial charge in [-0.3, -0.25) is 9.48 Å². The van der Waals surface area contributed by atoms with Crippen molar-refractivity contribution in [1.82, 2.24) is 15.1 Å². The van der Waals surface area contributed by atoms with Crippen molar-refractivity contribution >= 4 is 39.9 Å². The number of aromatic nitrogens is 2. The van der Waals surface area contributed by atoms with Crippen molar-refractivity contribution < 1.29 is 4.79 Å². The zero-order chi connectivity index (χ0) is 15.9. The van der Waals surface area contributed by atoms with Crippen molar-refractivity contribution in [2.75, 3.05) is 6.54 Å². The Hall–Kier alpha value is -1.11. The summed E-state index contributed by atoms with van der Waals surface area (Å²) in [4.78, 5) is 14.5. The first-order valence-electron chi connectivity index (χ1n) is 7.95. The molecule has 1 aliphatic carbocycles. The van der Waals surface area contributed by atoms with Gasteiger partial charge in [0.05, 0.1) is 16.1 Å². The second-order valence-electron chi connectivity index (χ2n) is 6.64. The third kappa shape index (κ3) is 3.25. The van der Waals surface area contributed by atoms with Crippen LogP contribution in [0.25, 0.3) is 10.2 Å². The van der Waals surface area contributed by atoms with Crippen molar-refractivity contribution in [3.63, 3.8) is 0 Å². The van der Waals surface area contributed by atoms with E-state index in [-0.39, 0.29) is 23.9 Å². The van der Waals surface area contributed by atoms with Crippen molar-refractivity contribution in [1.29, 1.82) is 0 Å². The molecule has 3 N–H and O–H groups in total. The molecule has 2 aromatic heterocycles. The van der Waals surface area contributed by atoms with Gasteiger partial charge >= 0.3 is 0 Å². The summed E-state index contributed by atoms with van der Waals surface area (Å²) in [6, 6.07) is 1.98. The molecule has 2 aromatic rings. The number of aryl methyl sites for hydroxylation is 1. The molecule has 3 rings (SSSR count). The molecule has 1 saturated carbocycles. The third-order valence-electron chi connectivity index (χ3n) is 4.64. The monoisotopic (exact) mass is 356 g/mol. The van der Waals surface area contributed by atoms with E-state index < -0.39 is 0 Å². The molecule has 2 heterocycles. The number of carbonyl (C=O) groups is 1. The maximum Gasteiger partial charge on any atom is 0.261 e. The average molecular weight is 357 g/mol. The predicted molar refractivity (Wildman–Crippen MR) is 97.6 cm³/mol. The van der Waals surface area contributed by atoms with Crippen LogP contribution in [0.4, 0.5) is 0 Å². The smallest absolute Gasteiger partial charge is 0.261 e. The number of amides is 1. The van der Waals surface area contributed by atoms with Crippen LogP contribution in [0.3, 0.4) is 0 Å². The van der Waals surface area contributed by atoms with Gasteiger partial charge in [0.15, 0.2) is 0 Å². The molecule has 0 saturated heterocycles. The summed E-state index contributed by atoms with van der Waals surface area (Å²) in [6.45, 7) is 4.77. The maximum atomic E-state index is 12.6. The van der Waals surface area contributed by atoms with E-state index >= 15 is 0 Å². The quantitative estimate of drug-likeness (QED) is 0.883. The number of hydrogen-bond donors (Lipinski definition) is 2. The minimum Gasteiger partial charge on any atom is -0.345 e. The van der Waals surface area contributed by atoms with Gasteiger partial charge in [-0.2, -0.15) is 5.10 Å². The van der Waals surface area contributed by atoms with Crippen LogP contribution in [0.1, 0.15) is 60.8 Å². The molecule has 0 aliphatic heterocycles. The highest BCUT2D eigenvalue weighted by atomic mass is 35.5. The average Bonchev–Trinajstić information content (AvgIpc) is 3.16. The van der Waals surface area contributed by atoms with Crippen LogP contribution in [-0.4, -0.2) is 27.8 Å². The SMILES string of the molecule is CC(C)c1nn(C)c2sc(C(=O)NC3(CN)CCCC3)cc12.Cl. The van der Waals surface area contributed by atoms with E-state index in [0.717, 1.165) is 46.5 Å². The summed E-state index contributed by atoms with van der Waals surface area (Å²) in [5.74, 6) is 0.350. The summed E-state index contributed by atoms with van der Waals surface area (Å²) in [6.07, 6.45) is 4.26. The zero-order valence-electron chi connectivity index (χ0n) is 13.9. The van der Waals surface area contributed by atoms with E-state index in [9.17, 15) is 4.79 Å². The van der Waals surface area contributed by atoms with Crippen LogP contribution >= 0.6 is 23.7 Å². The molecule has 1 amide bonds. The summed E-state index contributed by atoms with van der Waals surface area (Å²) in [5, 5.41) is 8.85. The molecular weight excluding hydrogens is 332 g/mol. The third-order valence-corrected chi connectivity index (χ3v) is 5.84. The second-order valence-corrected chi connectivity index (χ2v) is 7.67. The van der Waals surface area contributed by atoms with Crippen molar-refractivity contribution in [2.24, 2.45) is 12.8 Å². The minimum atomic E-state index is -0.202. The number of thiophene rings is 1. The second kappa shape index (κ2) is 6.79. The lowest BCUT2D eigenvalue weighted by Gasteiger charge is -2.28. The number of fused-ring (bicyclic) bond motifs is 1. The molecule has 0 unspecified atom stereocenters. The highest BCUT2D eigenvalue weighted by molar-refractivity contribution is 7.20. The number of halogens is 1. The number of carbonyl (C=O) groups excluding carboxylic acids is 1. The van der Waals surface area contributed by atoms with E-state index in [4.69, 9.17) is 5.73 Å². The van der Waals surface area contributed by atoms with Gasteiger partial charge in [-0.1, -0.05) is 26.7 Å². The number of nitrogens with two attached hydrogens (primary N) is 1. The van der Waals surface area contributed by atoms with Crippen LogP contribution < -0.4 is 11.1 Å². The molecule has 0 spiro atoms. The molecular formula is C16H25ClN4OS. The number of nitrogens with one attached hydrogen (secondary N) is 1. The summed E-state index contributed by atoms with van der Waals surface area (Å²) in [5.41, 5.74) is 6.77. The number of rotatable bonds is 4. The molecule has 0 aromatic carbocycles. The van der Waals surface area contributed by atoms with Gasteiger partial charge in [0.1, 0.15) is 4.83 Å². The first kappa shape index (κ1) is 18.2. The summed E-state index contributed by atoms with van der Waals surface area (Å²) < 4.78 is 1.88. The number of nitrogens with zero attached hydrogens (tertiary/aromatic N) is 2. The normalized spacial score (nSPS) is 16.7. The fraction of sp³-hybridized carbons (Fsp3) is 0.625. The Morgan fingerprint density at radius 3 is 2.70 bits per heavy atom. The lowest BCUT2D eigenvalue weighted by molar-refractivity contribution is 0.0907. The van der Waals surface area contributed by atoms with Gasteiger partial charge in [0.25, 0.3) is 5.91 Å². The Balaban J connectivity index is 0.00000192. The van der Waals surface area contributed by atoms with Gasteiger partial charge in [0, 0.05) is 19.0 Å². The Labute approximate surface area is 147 Å². The van der Waals surface area contributed by atoms with Gasteiger partial charge in [-0.25, -0.2) is 0 Å². The van der Waals surface area contributed by atoms with Crippen LogP contribution in [0.15, 0.2) is 6.07 Å². The molecule has 5 nitrogen and oxygen atoms in total. The van der Waals surface area contributed by atoms with Crippen molar-refractivity contribution in [3.8, 4) is 0 Å². The molecule has 128 valence electrons. The molecule has 0 atom stereocenters. The molecule has 23 heavy (non-hydrogen) atoms. The van der Waals surface area contributed by atoms with Crippen LogP contribution in [0.2, 0.25) is 0 Å². The van der Waals surface area contributed by atoms with E-state index in [1.54, 1.807) is 0 Å². The Bertz CT molecular complexity index is 700. The summed E-state index contributed by atoms with van der Waals surface area (Å²) >= 11 is 1.51. The van der Waals surface area contributed by atoms with Crippen molar-refractivity contribution in [2.45, 2.75) is 51.0 Å². The van der Waals surface area contributed by atoms with Crippen LogP contribution in [0, 0.1) is 0 Å². The number of hydrogen-bond acceptors (Lipinski definition) is 4. The zero-order valence-corrected chi connectivity index (χ0v) is 15.5. The highest BCUT2D eigenvalue weighted by Crippen LogP contribution is 2.33. The van der Waals surface area contributed by atoms with Crippen LogP contribution in [0.5, 0.6) is 0 Å².